The maximum absolute atomic E-state index is 13.5. The van der Waals surface area contributed by atoms with Gasteiger partial charge >= 0.3 is 6.18 Å². The number of nitrogens with zero attached hydrogens (tertiary/aromatic N) is 1. The van der Waals surface area contributed by atoms with Crippen LogP contribution in [-0.2, 0) is 27.4 Å². The molecule has 0 bridgehead atoms. The summed E-state index contributed by atoms with van der Waals surface area (Å²) in [7, 11) is -4.18. The molecular weight excluding hydrogens is 453 g/mol. The van der Waals surface area contributed by atoms with E-state index in [1.54, 1.807) is 36.4 Å². The second-order valence-electron chi connectivity index (χ2n) is 7.40. The number of para-hydroxylation sites is 2. The Morgan fingerprint density at radius 1 is 0.939 bits per heavy atom. The number of benzene rings is 3. The lowest BCUT2D eigenvalue weighted by atomic mass is 10.1. The molecule has 9 heteroatoms. The van der Waals surface area contributed by atoms with Crippen LogP contribution in [0.2, 0.25) is 0 Å². The molecule has 0 spiro atoms. The fourth-order valence-electron chi connectivity index (χ4n) is 3.35. The first kappa shape index (κ1) is 24.3. The van der Waals surface area contributed by atoms with Gasteiger partial charge in [-0.15, -0.1) is 0 Å². The van der Waals surface area contributed by atoms with E-state index in [4.69, 9.17) is 0 Å². The van der Waals surface area contributed by atoms with Gasteiger partial charge in [0.15, 0.2) is 0 Å². The summed E-state index contributed by atoms with van der Waals surface area (Å²) in [5.74, 6) is -0.895. The summed E-state index contributed by atoms with van der Waals surface area (Å²) in [6.07, 6.45) is -4.18. The Kier molecular flexibility index (Phi) is 7.12. The zero-order valence-electron chi connectivity index (χ0n) is 18.1. The molecule has 5 nitrogen and oxygen atoms in total. The number of amides is 1. The van der Waals surface area contributed by atoms with Crippen molar-refractivity contribution in [3.05, 3.63) is 89.5 Å². The van der Waals surface area contributed by atoms with Gasteiger partial charge < -0.3 is 5.32 Å². The van der Waals surface area contributed by atoms with E-state index in [0.29, 0.717) is 17.7 Å². The lowest BCUT2D eigenvalue weighted by Gasteiger charge is -2.26. The molecule has 0 heterocycles. The van der Waals surface area contributed by atoms with Crippen molar-refractivity contribution in [1.29, 1.82) is 0 Å². The summed E-state index contributed by atoms with van der Waals surface area (Å²) in [6.45, 7) is 2.96. The SMILES string of the molecule is CCc1ccccc1N(CC(=O)Nc1ccccc1C(F)(F)F)S(=O)(=O)c1ccc(C)cc1. The highest BCUT2D eigenvalue weighted by molar-refractivity contribution is 7.92. The molecule has 174 valence electrons. The van der Waals surface area contributed by atoms with Crippen molar-refractivity contribution in [2.45, 2.75) is 31.3 Å². The van der Waals surface area contributed by atoms with E-state index in [-0.39, 0.29) is 4.90 Å². The monoisotopic (exact) mass is 476 g/mol. The topological polar surface area (TPSA) is 66.5 Å². The Balaban J connectivity index is 2.01. The number of aryl methyl sites for hydroxylation is 2. The molecule has 3 aromatic carbocycles. The van der Waals surface area contributed by atoms with Crippen LogP contribution in [0.4, 0.5) is 24.5 Å². The quantitative estimate of drug-likeness (QED) is 0.496. The number of sulfonamides is 1. The molecule has 0 atom stereocenters. The predicted octanol–water partition coefficient (Wildman–Crippen LogP) is 5.41. The molecular formula is C24H23F3N2O3S. The molecule has 0 aromatic heterocycles. The zero-order chi connectivity index (χ0) is 24.2. The van der Waals surface area contributed by atoms with Crippen LogP contribution in [0.1, 0.15) is 23.6 Å². The van der Waals surface area contributed by atoms with Crippen molar-refractivity contribution in [2.75, 3.05) is 16.2 Å². The summed E-state index contributed by atoms with van der Waals surface area (Å²) in [4.78, 5) is 12.8. The van der Waals surface area contributed by atoms with Gasteiger partial charge in [-0.2, -0.15) is 13.2 Å². The number of hydrogen-bond acceptors (Lipinski definition) is 3. The zero-order valence-corrected chi connectivity index (χ0v) is 18.9. The lowest BCUT2D eigenvalue weighted by Crippen LogP contribution is -2.39. The van der Waals surface area contributed by atoms with E-state index < -0.39 is 39.9 Å². The fourth-order valence-corrected chi connectivity index (χ4v) is 4.81. The van der Waals surface area contributed by atoms with E-state index in [1.807, 2.05) is 13.8 Å². The molecule has 0 aliphatic heterocycles. The third kappa shape index (κ3) is 5.54. The van der Waals surface area contributed by atoms with Gasteiger partial charge in [0.05, 0.1) is 21.8 Å². The van der Waals surface area contributed by atoms with Crippen LogP contribution in [0.15, 0.2) is 77.7 Å². The summed E-state index contributed by atoms with van der Waals surface area (Å²) < 4.78 is 67.8. The third-order valence-corrected chi connectivity index (χ3v) is 6.82. The highest BCUT2D eigenvalue weighted by atomic mass is 32.2. The van der Waals surface area contributed by atoms with Gasteiger partial charge in [0.1, 0.15) is 6.54 Å². The maximum atomic E-state index is 13.5. The molecule has 1 N–H and O–H groups in total. The van der Waals surface area contributed by atoms with Crippen LogP contribution in [0.3, 0.4) is 0 Å². The number of hydrogen-bond donors (Lipinski definition) is 1. The number of carbonyl (C=O) groups excluding carboxylic acids is 1. The Bertz CT molecular complexity index is 1240. The third-order valence-electron chi connectivity index (χ3n) is 5.04. The van der Waals surface area contributed by atoms with Crippen LogP contribution in [0.25, 0.3) is 0 Å². The van der Waals surface area contributed by atoms with Gasteiger partial charge in [-0.25, -0.2) is 8.42 Å². The van der Waals surface area contributed by atoms with Crippen molar-refractivity contribution in [2.24, 2.45) is 0 Å². The second-order valence-corrected chi connectivity index (χ2v) is 9.26. The van der Waals surface area contributed by atoms with Gasteiger partial charge in [-0.1, -0.05) is 55.0 Å². The number of nitrogens with one attached hydrogen (secondary N) is 1. The fraction of sp³-hybridized carbons (Fsp3) is 0.208. The molecule has 0 fully saturated rings. The summed E-state index contributed by atoms with van der Waals surface area (Å²) in [6, 6.07) is 17.4. The minimum Gasteiger partial charge on any atom is -0.324 e. The van der Waals surface area contributed by atoms with E-state index >= 15 is 0 Å². The standard InChI is InChI=1S/C24H23F3N2O3S/c1-3-18-8-4-7-11-22(18)29(33(31,32)19-14-12-17(2)13-15-19)16-23(30)28-21-10-6-5-9-20(21)24(25,26)27/h4-15H,3,16H2,1-2H3,(H,28,30). The first-order valence-corrected chi connectivity index (χ1v) is 11.6. The van der Waals surface area contributed by atoms with Crippen molar-refractivity contribution >= 4 is 27.3 Å². The Morgan fingerprint density at radius 2 is 1.55 bits per heavy atom. The number of carbonyl (C=O) groups is 1. The first-order valence-electron chi connectivity index (χ1n) is 10.2. The summed E-state index contributed by atoms with van der Waals surface area (Å²) in [5, 5.41) is 2.22. The van der Waals surface area contributed by atoms with E-state index in [0.717, 1.165) is 22.0 Å². The van der Waals surface area contributed by atoms with Gasteiger partial charge in [-0.3, -0.25) is 9.10 Å². The van der Waals surface area contributed by atoms with Crippen LogP contribution in [0.5, 0.6) is 0 Å². The molecule has 0 saturated heterocycles. The summed E-state index contributed by atoms with van der Waals surface area (Å²) >= 11 is 0. The number of alkyl halides is 3. The average molecular weight is 477 g/mol. The number of anilines is 2. The highest BCUT2D eigenvalue weighted by Gasteiger charge is 2.34. The van der Waals surface area contributed by atoms with Crippen LogP contribution >= 0.6 is 0 Å². The predicted molar refractivity (Wildman–Crippen MR) is 122 cm³/mol. The van der Waals surface area contributed by atoms with Gasteiger partial charge in [0.2, 0.25) is 5.91 Å². The number of rotatable bonds is 7. The first-order chi connectivity index (χ1) is 15.5. The lowest BCUT2D eigenvalue weighted by molar-refractivity contribution is -0.137. The van der Waals surface area contributed by atoms with E-state index in [2.05, 4.69) is 5.32 Å². The molecule has 0 aliphatic rings. The van der Waals surface area contributed by atoms with Crippen LogP contribution < -0.4 is 9.62 Å². The van der Waals surface area contributed by atoms with Crippen LogP contribution in [0, 0.1) is 6.92 Å². The maximum Gasteiger partial charge on any atom is 0.418 e. The van der Waals surface area contributed by atoms with Crippen molar-refractivity contribution in [1.82, 2.24) is 0 Å². The normalized spacial score (nSPS) is 11.8. The van der Waals surface area contributed by atoms with Crippen molar-refractivity contribution in [3.8, 4) is 0 Å². The minimum atomic E-state index is -4.67. The second kappa shape index (κ2) is 9.66. The smallest absolute Gasteiger partial charge is 0.324 e. The Morgan fingerprint density at radius 3 is 2.18 bits per heavy atom. The van der Waals surface area contributed by atoms with Gasteiger partial charge in [-0.05, 0) is 49.2 Å². The molecule has 3 aromatic rings. The van der Waals surface area contributed by atoms with E-state index in [9.17, 15) is 26.4 Å². The van der Waals surface area contributed by atoms with Crippen LogP contribution in [-0.4, -0.2) is 20.9 Å². The molecule has 0 saturated carbocycles. The minimum absolute atomic E-state index is 0.0255. The number of halogens is 3. The highest BCUT2D eigenvalue weighted by Crippen LogP contribution is 2.35. The van der Waals surface area contributed by atoms with E-state index in [1.165, 1.54) is 24.3 Å². The molecule has 0 unspecified atom stereocenters. The van der Waals surface area contributed by atoms with Crippen molar-refractivity contribution < 1.29 is 26.4 Å². The molecule has 33 heavy (non-hydrogen) atoms. The van der Waals surface area contributed by atoms with Crippen molar-refractivity contribution in [3.63, 3.8) is 0 Å². The van der Waals surface area contributed by atoms with Gasteiger partial charge in [0, 0.05) is 0 Å². The largest absolute Gasteiger partial charge is 0.418 e. The van der Waals surface area contributed by atoms with Gasteiger partial charge in [0.25, 0.3) is 10.0 Å². The molecule has 0 radical (unpaired) electrons. The Hall–Kier alpha value is -3.33. The molecule has 3 rings (SSSR count). The summed E-state index contributed by atoms with van der Waals surface area (Å²) in [5.41, 5.74) is 0.374. The molecule has 1 amide bonds. The Labute approximate surface area is 190 Å². The average Bonchev–Trinajstić information content (AvgIpc) is 2.77. The molecule has 0 aliphatic carbocycles.